The van der Waals surface area contributed by atoms with Gasteiger partial charge in [-0.3, -0.25) is 4.79 Å². The molecule has 1 saturated carbocycles. The van der Waals surface area contributed by atoms with Gasteiger partial charge in [0, 0.05) is 6.54 Å². The molecule has 0 spiro atoms. The number of amides is 2. The number of rotatable bonds is 6. The molecule has 0 unspecified atom stereocenters. The maximum Gasteiger partial charge on any atom is 0.315 e. The van der Waals surface area contributed by atoms with Crippen molar-refractivity contribution in [3.8, 4) is 0 Å². The molecule has 5 heteroatoms. The summed E-state index contributed by atoms with van der Waals surface area (Å²) in [7, 11) is 0. The number of carboxylic acid groups (broad SMARTS) is 1. The van der Waals surface area contributed by atoms with E-state index < -0.39 is 16.9 Å². The summed E-state index contributed by atoms with van der Waals surface area (Å²) in [5.41, 5.74) is -1.85. The van der Waals surface area contributed by atoms with E-state index in [-0.39, 0.29) is 6.03 Å². The van der Waals surface area contributed by atoms with Crippen molar-refractivity contribution < 1.29 is 14.7 Å². The summed E-state index contributed by atoms with van der Waals surface area (Å²) in [5.74, 6) is -0.170. The average Bonchev–Trinajstić information content (AvgIpc) is 2.20. The van der Waals surface area contributed by atoms with Crippen molar-refractivity contribution in [2.75, 3.05) is 6.54 Å². The van der Waals surface area contributed by atoms with Crippen LogP contribution in [0.5, 0.6) is 0 Å². The molecule has 5 nitrogen and oxygen atoms in total. The van der Waals surface area contributed by atoms with Crippen LogP contribution in [0.4, 0.5) is 4.79 Å². The van der Waals surface area contributed by atoms with E-state index in [1.807, 2.05) is 0 Å². The number of urea groups is 1. The fourth-order valence-corrected chi connectivity index (χ4v) is 1.92. The van der Waals surface area contributed by atoms with Gasteiger partial charge >= 0.3 is 12.0 Å². The Morgan fingerprint density at radius 2 is 1.79 bits per heavy atom. The van der Waals surface area contributed by atoms with Crippen LogP contribution in [0.1, 0.15) is 53.4 Å². The van der Waals surface area contributed by atoms with Crippen molar-refractivity contribution >= 4 is 12.0 Å². The van der Waals surface area contributed by atoms with Crippen molar-refractivity contribution in [1.29, 1.82) is 0 Å². The molecule has 0 aromatic carbocycles. The van der Waals surface area contributed by atoms with Crippen molar-refractivity contribution in [1.82, 2.24) is 10.6 Å². The molecular formula is C14H26N2O3. The van der Waals surface area contributed by atoms with Crippen LogP contribution in [0.15, 0.2) is 0 Å². The normalized spacial score (nSPS) is 16.6. The molecule has 0 atom stereocenters. The fraction of sp³-hybridized carbons (Fsp3) is 0.857. The molecule has 1 aliphatic carbocycles. The minimum Gasteiger partial charge on any atom is -0.481 e. The second kappa shape index (κ2) is 5.80. The highest BCUT2D eigenvalue weighted by Gasteiger charge is 2.44. The first-order valence-corrected chi connectivity index (χ1v) is 6.96. The van der Waals surface area contributed by atoms with Gasteiger partial charge in [0.2, 0.25) is 0 Å². The molecular weight excluding hydrogens is 244 g/mol. The predicted molar refractivity (Wildman–Crippen MR) is 74.0 cm³/mol. The van der Waals surface area contributed by atoms with Gasteiger partial charge in [-0.25, -0.2) is 4.79 Å². The van der Waals surface area contributed by atoms with Gasteiger partial charge in [0.25, 0.3) is 0 Å². The Labute approximate surface area is 115 Å². The summed E-state index contributed by atoms with van der Waals surface area (Å²) in [5, 5.41) is 14.8. The summed E-state index contributed by atoms with van der Waals surface area (Å²) in [6.45, 7) is 7.34. The minimum absolute atomic E-state index is 0.293. The number of carboxylic acids is 1. The monoisotopic (exact) mass is 270 g/mol. The maximum atomic E-state index is 11.8. The van der Waals surface area contributed by atoms with Gasteiger partial charge in [-0.15, -0.1) is 0 Å². The van der Waals surface area contributed by atoms with Gasteiger partial charge in [-0.2, -0.15) is 0 Å². The van der Waals surface area contributed by atoms with Gasteiger partial charge in [-0.1, -0.05) is 19.3 Å². The molecule has 2 amide bonds. The van der Waals surface area contributed by atoms with Crippen LogP contribution in [-0.4, -0.2) is 29.2 Å². The van der Waals surface area contributed by atoms with Crippen LogP contribution in [0.2, 0.25) is 0 Å². The second-order valence-electron chi connectivity index (χ2n) is 6.52. The van der Waals surface area contributed by atoms with Gasteiger partial charge < -0.3 is 15.7 Å². The van der Waals surface area contributed by atoms with Crippen LogP contribution in [0.3, 0.4) is 0 Å². The van der Waals surface area contributed by atoms with E-state index in [2.05, 4.69) is 10.6 Å². The molecule has 0 aromatic heterocycles. The highest BCUT2D eigenvalue weighted by atomic mass is 16.4. The highest BCUT2D eigenvalue weighted by molar-refractivity contribution is 5.79. The lowest BCUT2D eigenvalue weighted by molar-refractivity contribution is -0.150. The molecule has 0 aromatic rings. The smallest absolute Gasteiger partial charge is 0.315 e. The number of carbonyl (C=O) groups excluding carboxylic acids is 1. The molecule has 3 N–H and O–H groups in total. The minimum atomic E-state index is -1.03. The van der Waals surface area contributed by atoms with E-state index in [1.165, 1.54) is 19.3 Å². The first-order chi connectivity index (χ1) is 8.67. The lowest BCUT2D eigenvalue weighted by Gasteiger charge is -2.38. The number of hydrogen-bond donors (Lipinski definition) is 3. The molecule has 0 bridgehead atoms. The van der Waals surface area contributed by atoms with Crippen LogP contribution in [0, 0.1) is 11.3 Å². The summed E-state index contributed by atoms with van der Waals surface area (Å²) in [6.07, 6.45) is 4.84. The Kier molecular flexibility index (Phi) is 4.82. The van der Waals surface area contributed by atoms with Crippen LogP contribution in [-0.2, 0) is 4.79 Å². The van der Waals surface area contributed by atoms with E-state index in [0.29, 0.717) is 6.54 Å². The SMILES string of the molecule is CC(C)(NC(=O)NCCC1CCC1)C(C)(C)C(=O)O. The lowest BCUT2D eigenvalue weighted by Crippen LogP contribution is -2.59. The van der Waals surface area contributed by atoms with E-state index in [9.17, 15) is 14.7 Å². The van der Waals surface area contributed by atoms with E-state index in [0.717, 1.165) is 12.3 Å². The molecule has 0 saturated heterocycles. The van der Waals surface area contributed by atoms with Gasteiger partial charge in [0.05, 0.1) is 11.0 Å². The van der Waals surface area contributed by atoms with Gasteiger partial charge in [0.1, 0.15) is 0 Å². The van der Waals surface area contributed by atoms with Crippen LogP contribution in [0.25, 0.3) is 0 Å². The Morgan fingerprint density at radius 1 is 1.21 bits per heavy atom. The van der Waals surface area contributed by atoms with Gasteiger partial charge in [0.15, 0.2) is 0 Å². The van der Waals surface area contributed by atoms with E-state index in [4.69, 9.17) is 0 Å². The third-order valence-corrected chi connectivity index (χ3v) is 4.59. The Hall–Kier alpha value is -1.26. The van der Waals surface area contributed by atoms with E-state index in [1.54, 1.807) is 27.7 Å². The molecule has 0 aliphatic heterocycles. The Balaban J connectivity index is 2.38. The topological polar surface area (TPSA) is 78.4 Å². The first-order valence-electron chi connectivity index (χ1n) is 6.96. The molecule has 1 rings (SSSR count). The number of nitrogens with one attached hydrogen (secondary N) is 2. The Bertz CT molecular complexity index is 347. The van der Waals surface area contributed by atoms with Gasteiger partial charge in [-0.05, 0) is 40.0 Å². The maximum absolute atomic E-state index is 11.8. The molecule has 0 heterocycles. The summed E-state index contributed by atoms with van der Waals surface area (Å²) in [6, 6.07) is -0.293. The third-order valence-electron chi connectivity index (χ3n) is 4.59. The van der Waals surface area contributed by atoms with Crippen molar-refractivity contribution in [2.24, 2.45) is 11.3 Å². The fourth-order valence-electron chi connectivity index (χ4n) is 1.92. The zero-order chi connectivity index (χ0) is 14.7. The Morgan fingerprint density at radius 3 is 2.21 bits per heavy atom. The zero-order valence-electron chi connectivity index (χ0n) is 12.4. The average molecular weight is 270 g/mol. The highest BCUT2D eigenvalue weighted by Crippen LogP contribution is 2.31. The standard InChI is InChI=1S/C14H26N2O3/c1-13(2,11(17)18)14(3,4)16-12(19)15-9-8-10-6-5-7-10/h10H,5-9H2,1-4H3,(H,17,18)(H2,15,16,19). The molecule has 1 fully saturated rings. The quantitative estimate of drug-likeness (QED) is 0.693. The number of hydrogen-bond acceptors (Lipinski definition) is 2. The summed E-state index contributed by atoms with van der Waals surface area (Å²) >= 11 is 0. The van der Waals surface area contributed by atoms with Crippen LogP contribution >= 0.6 is 0 Å². The van der Waals surface area contributed by atoms with Crippen molar-refractivity contribution in [2.45, 2.75) is 58.9 Å². The molecule has 19 heavy (non-hydrogen) atoms. The second-order valence-corrected chi connectivity index (χ2v) is 6.52. The molecule has 110 valence electrons. The number of carbonyl (C=O) groups is 2. The molecule has 1 aliphatic rings. The van der Waals surface area contributed by atoms with E-state index >= 15 is 0 Å². The lowest BCUT2D eigenvalue weighted by atomic mass is 9.74. The zero-order valence-corrected chi connectivity index (χ0v) is 12.4. The van der Waals surface area contributed by atoms with Crippen molar-refractivity contribution in [3.05, 3.63) is 0 Å². The molecule has 0 radical (unpaired) electrons. The third kappa shape index (κ3) is 3.85. The largest absolute Gasteiger partial charge is 0.481 e. The summed E-state index contributed by atoms with van der Waals surface area (Å²) < 4.78 is 0. The summed E-state index contributed by atoms with van der Waals surface area (Å²) in [4.78, 5) is 23.0. The predicted octanol–water partition coefficient (Wildman–Crippen LogP) is 2.37. The van der Waals surface area contributed by atoms with Crippen molar-refractivity contribution in [3.63, 3.8) is 0 Å². The van der Waals surface area contributed by atoms with Crippen LogP contribution < -0.4 is 10.6 Å². The first kappa shape index (κ1) is 15.8. The number of aliphatic carboxylic acids is 1.